The van der Waals surface area contributed by atoms with E-state index in [1.807, 2.05) is 0 Å². The Kier molecular flexibility index (Phi) is 3.43. The summed E-state index contributed by atoms with van der Waals surface area (Å²) in [7, 11) is 0. The Morgan fingerprint density at radius 3 is 2.72 bits per heavy atom. The summed E-state index contributed by atoms with van der Waals surface area (Å²) in [4.78, 5) is 40.6. The van der Waals surface area contributed by atoms with Crippen LogP contribution in [0.5, 0.6) is 0 Å². The van der Waals surface area contributed by atoms with Crippen molar-refractivity contribution in [1.82, 2.24) is 9.88 Å². The molecule has 1 aliphatic rings. The third-order valence-electron chi connectivity index (χ3n) is 3.81. The molecule has 2 amide bonds. The summed E-state index contributed by atoms with van der Waals surface area (Å²) in [6.07, 6.45) is 3.09. The van der Waals surface area contributed by atoms with Gasteiger partial charge < -0.3 is 4.42 Å². The van der Waals surface area contributed by atoms with Crippen LogP contribution in [0.25, 0.3) is 10.6 Å². The molecule has 0 N–H and O–H groups in total. The average Bonchev–Trinajstić information content (AvgIpc) is 3.32. The molecule has 0 saturated heterocycles. The van der Waals surface area contributed by atoms with Crippen molar-refractivity contribution in [3.63, 3.8) is 0 Å². The number of nitro groups is 1. The monoisotopic (exact) mass is 355 g/mol. The lowest BCUT2D eigenvalue weighted by atomic mass is 10.1. The SMILES string of the molecule is O=C1c2ccc([N+](=O)[O-])cc2C(=O)N1Cc1csc(-c2ccoc2)n1. The first-order valence-corrected chi connectivity index (χ1v) is 8.04. The number of nitro benzene ring substituents is 1. The molecule has 0 unspecified atom stereocenters. The van der Waals surface area contributed by atoms with Crippen LogP contribution in [0.4, 0.5) is 5.69 Å². The Bertz CT molecular complexity index is 1010. The van der Waals surface area contributed by atoms with E-state index in [-0.39, 0.29) is 23.4 Å². The summed E-state index contributed by atoms with van der Waals surface area (Å²) in [6.45, 7) is 0.00843. The van der Waals surface area contributed by atoms with Gasteiger partial charge in [-0.15, -0.1) is 11.3 Å². The minimum Gasteiger partial charge on any atom is -0.472 e. The number of carbonyl (C=O) groups is 2. The number of imide groups is 1. The molecule has 0 aliphatic carbocycles. The number of thiazole rings is 1. The van der Waals surface area contributed by atoms with Crippen molar-refractivity contribution in [3.05, 3.63) is 69.1 Å². The van der Waals surface area contributed by atoms with E-state index in [1.54, 1.807) is 17.7 Å². The highest BCUT2D eigenvalue weighted by Crippen LogP contribution is 2.29. The van der Waals surface area contributed by atoms with Crippen molar-refractivity contribution in [2.45, 2.75) is 6.54 Å². The summed E-state index contributed by atoms with van der Waals surface area (Å²) in [5.74, 6) is -1.03. The fourth-order valence-electron chi connectivity index (χ4n) is 2.60. The quantitative estimate of drug-likeness (QED) is 0.404. The van der Waals surface area contributed by atoms with Crippen LogP contribution in [0.1, 0.15) is 26.4 Å². The van der Waals surface area contributed by atoms with Crippen LogP contribution in [0, 0.1) is 10.1 Å². The van der Waals surface area contributed by atoms with E-state index in [2.05, 4.69) is 4.98 Å². The van der Waals surface area contributed by atoms with Crippen molar-refractivity contribution in [2.24, 2.45) is 0 Å². The minimum atomic E-state index is -0.599. The number of furan rings is 1. The van der Waals surface area contributed by atoms with Gasteiger partial charge in [-0.1, -0.05) is 0 Å². The molecule has 9 heteroatoms. The van der Waals surface area contributed by atoms with Gasteiger partial charge in [0.2, 0.25) is 0 Å². The summed E-state index contributed by atoms with van der Waals surface area (Å²) in [5.41, 5.74) is 1.36. The lowest BCUT2D eigenvalue weighted by molar-refractivity contribution is -0.384. The van der Waals surface area contributed by atoms with E-state index in [1.165, 1.54) is 29.7 Å². The Hall–Kier alpha value is -3.33. The van der Waals surface area contributed by atoms with E-state index in [0.29, 0.717) is 5.69 Å². The molecule has 25 heavy (non-hydrogen) atoms. The summed E-state index contributed by atoms with van der Waals surface area (Å²) in [6, 6.07) is 5.43. The highest BCUT2D eigenvalue weighted by Gasteiger charge is 2.37. The first kappa shape index (κ1) is 15.2. The third-order valence-corrected chi connectivity index (χ3v) is 4.75. The van der Waals surface area contributed by atoms with Gasteiger partial charge in [-0.05, 0) is 12.1 Å². The molecule has 2 aromatic heterocycles. The van der Waals surface area contributed by atoms with Crippen LogP contribution >= 0.6 is 11.3 Å². The van der Waals surface area contributed by atoms with Gasteiger partial charge in [0.25, 0.3) is 17.5 Å². The first-order valence-electron chi connectivity index (χ1n) is 7.16. The van der Waals surface area contributed by atoms with Gasteiger partial charge in [0.05, 0.1) is 34.6 Å². The Morgan fingerprint density at radius 1 is 1.20 bits per heavy atom. The second-order valence-electron chi connectivity index (χ2n) is 5.34. The lowest BCUT2D eigenvalue weighted by Gasteiger charge is -2.11. The molecule has 8 nitrogen and oxygen atoms in total. The maximum Gasteiger partial charge on any atom is 0.270 e. The zero-order chi connectivity index (χ0) is 17.6. The van der Waals surface area contributed by atoms with Crippen LogP contribution in [-0.2, 0) is 6.54 Å². The number of aromatic nitrogens is 1. The molecule has 3 aromatic rings. The predicted molar refractivity (Wildman–Crippen MR) is 87.1 cm³/mol. The molecule has 0 bridgehead atoms. The van der Waals surface area contributed by atoms with Crippen LogP contribution in [0.15, 0.2) is 46.6 Å². The fraction of sp³-hybridized carbons (Fsp3) is 0.0625. The number of hydrogen-bond acceptors (Lipinski definition) is 7. The van der Waals surface area contributed by atoms with Crippen LogP contribution in [0.2, 0.25) is 0 Å². The van der Waals surface area contributed by atoms with E-state index in [9.17, 15) is 19.7 Å². The van der Waals surface area contributed by atoms with Gasteiger partial charge >= 0.3 is 0 Å². The second kappa shape index (κ2) is 5.64. The molecule has 124 valence electrons. The second-order valence-corrected chi connectivity index (χ2v) is 6.20. The van der Waals surface area contributed by atoms with E-state index in [0.717, 1.165) is 21.5 Å². The zero-order valence-corrected chi connectivity index (χ0v) is 13.4. The number of amides is 2. The Morgan fingerprint density at radius 2 is 2.00 bits per heavy atom. The largest absolute Gasteiger partial charge is 0.472 e. The Balaban J connectivity index is 1.61. The molecule has 3 heterocycles. The van der Waals surface area contributed by atoms with Crippen molar-refractivity contribution in [2.75, 3.05) is 0 Å². The topological polar surface area (TPSA) is 107 Å². The van der Waals surface area contributed by atoms with Crippen molar-refractivity contribution < 1.29 is 18.9 Å². The standard InChI is InChI=1S/C16H9N3O5S/c20-15-12-2-1-11(19(22)23)5-13(12)16(21)18(15)6-10-8-25-14(17-10)9-3-4-24-7-9/h1-5,7-8H,6H2. The highest BCUT2D eigenvalue weighted by molar-refractivity contribution is 7.13. The van der Waals surface area contributed by atoms with E-state index < -0.39 is 16.7 Å². The normalized spacial score (nSPS) is 13.4. The summed E-state index contributed by atoms with van der Waals surface area (Å²) >= 11 is 1.37. The minimum absolute atomic E-state index is 0.00843. The smallest absolute Gasteiger partial charge is 0.270 e. The number of hydrogen-bond donors (Lipinski definition) is 0. The van der Waals surface area contributed by atoms with Gasteiger partial charge in [-0.3, -0.25) is 24.6 Å². The molecule has 4 rings (SSSR count). The van der Waals surface area contributed by atoms with Crippen molar-refractivity contribution >= 4 is 28.8 Å². The lowest BCUT2D eigenvalue weighted by Crippen LogP contribution is -2.29. The van der Waals surface area contributed by atoms with Crippen molar-refractivity contribution in [3.8, 4) is 10.6 Å². The van der Waals surface area contributed by atoms with Crippen molar-refractivity contribution in [1.29, 1.82) is 0 Å². The maximum atomic E-state index is 12.5. The van der Waals surface area contributed by atoms with Crippen LogP contribution in [0.3, 0.4) is 0 Å². The molecule has 0 radical (unpaired) electrons. The molecule has 0 atom stereocenters. The van der Waals surface area contributed by atoms with Gasteiger partial charge in [-0.25, -0.2) is 4.98 Å². The van der Waals surface area contributed by atoms with Crippen LogP contribution in [-0.4, -0.2) is 26.6 Å². The van der Waals surface area contributed by atoms with E-state index in [4.69, 9.17) is 4.42 Å². The molecule has 1 aliphatic heterocycles. The van der Waals surface area contributed by atoms with Gasteiger partial charge in [0, 0.05) is 23.1 Å². The van der Waals surface area contributed by atoms with Gasteiger partial charge in [0.1, 0.15) is 11.3 Å². The zero-order valence-electron chi connectivity index (χ0n) is 12.5. The number of fused-ring (bicyclic) bond motifs is 1. The average molecular weight is 355 g/mol. The third kappa shape index (κ3) is 2.50. The molecular formula is C16H9N3O5S. The summed E-state index contributed by atoms with van der Waals surface area (Å²) < 4.78 is 5.01. The van der Waals surface area contributed by atoms with E-state index >= 15 is 0 Å². The first-order chi connectivity index (χ1) is 12.0. The number of nitrogens with zero attached hydrogens (tertiary/aromatic N) is 3. The predicted octanol–water partition coefficient (Wildman–Crippen LogP) is 3.11. The highest BCUT2D eigenvalue weighted by atomic mass is 32.1. The maximum absolute atomic E-state index is 12.5. The summed E-state index contributed by atoms with van der Waals surface area (Å²) in [5, 5.41) is 13.3. The van der Waals surface area contributed by atoms with Crippen LogP contribution < -0.4 is 0 Å². The Labute approximate surface area is 144 Å². The molecular weight excluding hydrogens is 346 g/mol. The number of carbonyl (C=O) groups excluding carboxylic acids is 2. The fourth-order valence-corrected chi connectivity index (χ4v) is 3.39. The molecule has 1 aromatic carbocycles. The molecule has 0 saturated carbocycles. The number of rotatable bonds is 4. The number of non-ortho nitro benzene ring substituents is 1. The molecule has 0 fully saturated rings. The molecule has 0 spiro atoms. The van der Waals surface area contributed by atoms with Gasteiger partial charge in [-0.2, -0.15) is 0 Å². The number of benzene rings is 1. The van der Waals surface area contributed by atoms with Gasteiger partial charge in [0.15, 0.2) is 0 Å².